The van der Waals surface area contributed by atoms with Crippen molar-refractivity contribution in [3.8, 4) is 0 Å². The monoisotopic (exact) mass is 300 g/mol. The zero-order chi connectivity index (χ0) is 15.2. The van der Waals surface area contributed by atoms with Gasteiger partial charge in [0.2, 0.25) is 10.0 Å². The lowest BCUT2D eigenvalue weighted by Gasteiger charge is -2.20. The van der Waals surface area contributed by atoms with Crippen LogP contribution in [0.3, 0.4) is 0 Å². The van der Waals surface area contributed by atoms with Gasteiger partial charge in [-0.3, -0.25) is 9.78 Å². The molecule has 1 rings (SSSR count). The summed E-state index contributed by atoms with van der Waals surface area (Å²) in [6.07, 6.45) is -0.0190. The zero-order valence-corrected chi connectivity index (χ0v) is 12.6. The van der Waals surface area contributed by atoms with E-state index >= 15 is 0 Å². The Kier molecular flexibility index (Phi) is 6.09. The lowest BCUT2D eigenvalue weighted by atomic mass is 10.3. The first-order valence-electron chi connectivity index (χ1n) is 6.47. The van der Waals surface area contributed by atoms with Crippen molar-refractivity contribution >= 4 is 16.0 Å². The van der Waals surface area contributed by atoms with Crippen LogP contribution in [0, 0.1) is 6.92 Å². The first-order valence-corrected chi connectivity index (χ1v) is 8.08. The van der Waals surface area contributed by atoms with Crippen molar-refractivity contribution in [1.82, 2.24) is 9.29 Å². The molecule has 0 bridgehead atoms. The molecule has 0 saturated heterocycles. The number of pyridine rings is 1. The predicted octanol–water partition coefficient (Wildman–Crippen LogP) is 1.41. The molecule has 0 aromatic carbocycles. The van der Waals surface area contributed by atoms with E-state index in [9.17, 15) is 13.2 Å². The van der Waals surface area contributed by atoms with Crippen molar-refractivity contribution in [2.75, 3.05) is 12.3 Å². The van der Waals surface area contributed by atoms with Gasteiger partial charge in [-0.25, -0.2) is 8.42 Å². The SMILES string of the molecule is CCN(Cc1cccc(C)n1)S(=O)(=O)CCCC(=O)O. The van der Waals surface area contributed by atoms with Crippen LogP contribution < -0.4 is 0 Å². The molecule has 112 valence electrons. The number of carboxylic acid groups (broad SMARTS) is 1. The highest BCUT2D eigenvalue weighted by molar-refractivity contribution is 7.89. The molecule has 0 fully saturated rings. The minimum absolute atomic E-state index is 0.120. The lowest BCUT2D eigenvalue weighted by Crippen LogP contribution is -2.33. The van der Waals surface area contributed by atoms with Crippen molar-refractivity contribution < 1.29 is 18.3 Å². The summed E-state index contributed by atoms with van der Waals surface area (Å²) in [4.78, 5) is 14.7. The molecule has 0 aliphatic heterocycles. The largest absolute Gasteiger partial charge is 0.481 e. The number of nitrogens with zero attached hydrogens (tertiary/aromatic N) is 2. The number of aliphatic carboxylic acids is 1. The number of aryl methyl sites for hydroxylation is 1. The number of sulfonamides is 1. The molecule has 6 nitrogen and oxygen atoms in total. The van der Waals surface area contributed by atoms with Crippen LogP contribution >= 0.6 is 0 Å². The van der Waals surface area contributed by atoms with Crippen LogP contribution in [0.1, 0.15) is 31.2 Å². The van der Waals surface area contributed by atoms with E-state index in [0.717, 1.165) is 5.69 Å². The van der Waals surface area contributed by atoms with Crippen molar-refractivity contribution in [2.24, 2.45) is 0 Å². The molecule has 7 heteroatoms. The second-order valence-corrected chi connectivity index (χ2v) is 6.60. The van der Waals surface area contributed by atoms with Crippen LogP contribution in [0.5, 0.6) is 0 Å². The molecule has 0 spiro atoms. The molecule has 1 heterocycles. The van der Waals surface area contributed by atoms with Crippen LogP contribution in [-0.2, 0) is 21.4 Å². The summed E-state index contributed by atoms with van der Waals surface area (Å²) in [6.45, 7) is 4.16. The molecule has 0 aliphatic carbocycles. The van der Waals surface area contributed by atoms with Gasteiger partial charge in [0.05, 0.1) is 18.0 Å². The van der Waals surface area contributed by atoms with Crippen LogP contribution in [0.25, 0.3) is 0 Å². The summed E-state index contributed by atoms with van der Waals surface area (Å²) >= 11 is 0. The fraction of sp³-hybridized carbons (Fsp3) is 0.538. The van der Waals surface area contributed by atoms with Gasteiger partial charge in [-0.15, -0.1) is 0 Å². The smallest absolute Gasteiger partial charge is 0.303 e. The Balaban J connectivity index is 2.71. The maximum absolute atomic E-state index is 12.1. The molecule has 0 unspecified atom stereocenters. The second-order valence-electron chi connectivity index (χ2n) is 4.51. The van der Waals surface area contributed by atoms with E-state index in [1.165, 1.54) is 4.31 Å². The van der Waals surface area contributed by atoms with Gasteiger partial charge in [0, 0.05) is 18.7 Å². The number of aromatic nitrogens is 1. The minimum Gasteiger partial charge on any atom is -0.481 e. The highest BCUT2D eigenvalue weighted by atomic mass is 32.2. The first-order chi connectivity index (χ1) is 9.35. The van der Waals surface area contributed by atoms with E-state index in [1.807, 2.05) is 19.1 Å². The van der Waals surface area contributed by atoms with Gasteiger partial charge < -0.3 is 5.11 Å². The second kappa shape index (κ2) is 7.35. The fourth-order valence-electron chi connectivity index (χ4n) is 1.81. The van der Waals surface area contributed by atoms with Crippen LogP contribution in [0.15, 0.2) is 18.2 Å². The Morgan fingerprint density at radius 1 is 1.40 bits per heavy atom. The van der Waals surface area contributed by atoms with Crippen molar-refractivity contribution in [2.45, 2.75) is 33.2 Å². The van der Waals surface area contributed by atoms with Gasteiger partial charge in [-0.05, 0) is 25.5 Å². The number of carboxylic acids is 1. The van der Waals surface area contributed by atoms with E-state index in [4.69, 9.17) is 5.11 Å². The van der Waals surface area contributed by atoms with E-state index in [1.54, 1.807) is 13.0 Å². The van der Waals surface area contributed by atoms with Gasteiger partial charge in [-0.1, -0.05) is 13.0 Å². The molecule has 0 radical (unpaired) electrons. The molecular formula is C13H20N2O4S. The minimum atomic E-state index is -3.45. The Bertz CT molecular complexity index is 557. The summed E-state index contributed by atoms with van der Waals surface area (Å²) in [5.74, 6) is -1.14. The third-order valence-corrected chi connectivity index (χ3v) is 4.80. The number of rotatable bonds is 8. The summed E-state index contributed by atoms with van der Waals surface area (Å²) in [5, 5.41) is 8.55. The molecule has 1 aromatic rings. The maximum Gasteiger partial charge on any atom is 0.303 e. The van der Waals surface area contributed by atoms with Gasteiger partial charge in [-0.2, -0.15) is 4.31 Å². The average Bonchev–Trinajstić information content (AvgIpc) is 2.35. The number of carbonyl (C=O) groups is 1. The van der Waals surface area contributed by atoms with Crippen molar-refractivity contribution in [3.05, 3.63) is 29.6 Å². The molecule has 1 aromatic heterocycles. The molecule has 0 aliphatic rings. The number of hydrogen-bond acceptors (Lipinski definition) is 4. The zero-order valence-electron chi connectivity index (χ0n) is 11.7. The summed E-state index contributed by atoms with van der Waals surface area (Å²) < 4.78 is 25.6. The number of hydrogen-bond donors (Lipinski definition) is 1. The maximum atomic E-state index is 12.1. The molecule has 0 atom stereocenters. The Morgan fingerprint density at radius 3 is 2.65 bits per heavy atom. The highest BCUT2D eigenvalue weighted by Crippen LogP contribution is 2.10. The molecule has 0 amide bonds. The highest BCUT2D eigenvalue weighted by Gasteiger charge is 2.21. The van der Waals surface area contributed by atoms with Crippen LogP contribution in [0.4, 0.5) is 0 Å². The van der Waals surface area contributed by atoms with Gasteiger partial charge in [0.25, 0.3) is 0 Å². The van der Waals surface area contributed by atoms with E-state index < -0.39 is 16.0 Å². The van der Waals surface area contributed by atoms with Gasteiger partial charge in [0.1, 0.15) is 0 Å². The topological polar surface area (TPSA) is 87.6 Å². The summed E-state index contributed by atoms with van der Waals surface area (Å²) in [5.41, 5.74) is 1.52. The van der Waals surface area contributed by atoms with Gasteiger partial charge >= 0.3 is 5.97 Å². The van der Waals surface area contributed by atoms with Crippen LogP contribution in [-0.4, -0.2) is 41.1 Å². The first kappa shape index (κ1) is 16.6. The van der Waals surface area contributed by atoms with E-state index in [2.05, 4.69) is 4.98 Å². The third-order valence-electron chi connectivity index (χ3n) is 2.82. The standard InChI is InChI=1S/C13H20N2O4S/c1-3-15(10-12-7-4-6-11(2)14-12)20(18,19)9-5-8-13(16)17/h4,6-7H,3,5,8-10H2,1-2H3,(H,16,17). The Labute approximate surface area is 119 Å². The van der Waals surface area contributed by atoms with E-state index in [-0.39, 0.29) is 25.1 Å². The van der Waals surface area contributed by atoms with Crippen LogP contribution in [0.2, 0.25) is 0 Å². The quantitative estimate of drug-likeness (QED) is 0.784. The summed E-state index contributed by atoms with van der Waals surface area (Å²) in [7, 11) is -3.45. The van der Waals surface area contributed by atoms with Crippen molar-refractivity contribution in [1.29, 1.82) is 0 Å². The summed E-state index contributed by atoms with van der Waals surface area (Å²) in [6, 6.07) is 5.46. The molecule has 20 heavy (non-hydrogen) atoms. The van der Waals surface area contributed by atoms with E-state index in [0.29, 0.717) is 12.2 Å². The third kappa shape index (κ3) is 5.26. The van der Waals surface area contributed by atoms with Crippen molar-refractivity contribution in [3.63, 3.8) is 0 Å². The molecule has 0 saturated carbocycles. The average molecular weight is 300 g/mol. The normalized spacial score (nSPS) is 11.8. The fourth-order valence-corrected chi connectivity index (χ4v) is 3.30. The Hall–Kier alpha value is -1.47. The molecule has 1 N–H and O–H groups in total. The lowest BCUT2D eigenvalue weighted by molar-refractivity contribution is -0.137. The van der Waals surface area contributed by atoms with Gasteiger partial charge in [0.15, 0.2) is 0 Å². The predicted molar refractivity (Wildman–Crippen MR) is 75.7 cm³/mol. The Morgan fingerprint density at radius 2 is 2.10 bits per heavy atom. The molecular weight excluding hydrogens is 280 g/mol.